The second-order valence-corrected chi connectivity index (χ2v) is 4.12. The summed E-state index contributed by atoms with van der Waals surface area (Å²) in [5.74, 6) is -0.401. The number of hydrogen-bond donors (Lipinski definition) is 2. The van der Waals surface area contributed by atoms with E-state index in [1.807, 2.05) is 13.8 Å². The molecule has 0 fully saturated rings. The fourth-order valence-corrected chi connectivity index (χ4v) is 1.38. The molecule has 0 heterocycles. The fraction of sp³-hybridized carbons (Fsp3) is 0.455. The van der Waals surface area contributed by atoms with E-state index in [-0.39, 0.29) is 6.61 Å². The van der Waals surface area contributed by atoms with Gasteiger partial charge in [-0.1, -0.05) is 29.8 Å². The number of hydrogen-bond acceptors (Lipinski definition) is 2. The summed E-state index contributed by atoms with van der Waals surface area (Å²) in [7, 11) is 0. The normalized spacial score (nSPS) is 13.8. The standard InChI is InChI=1S/C9H11BrFNO.C2H6/c1-9(12,5-13)7-4-6(10)2-3-8(7)11;1-2/h2-4,13H,5,12H2,1H3;1-2H3. The monoisotopic (exact) mass is 277 g/mol. The van der Waals surface area contributed by atoms with Gasteiger partial charge in [0, 0.05) is 10.0 Å². The molecule has 2 nitrogen and oxygen atoms in total. The van der Waals surface area contributed by atoms with Gasteiger partial charge in [-0.2, -0.15) is 0 Å². The molecule has 1 aromatic carbocycles. The van der Waals surface area contributed by atoms with Crippen molar-refractivity contribution in [3.8, 4) is 0 Å². The third-order valence-corrected chi connectivity index (χ3v) is 2.37. The van der Waals surface area contributed by atoms with Gasteiger partial charge >= 0.3 is 0 Å². The number of aliphatic hydroxyl groups is 1. The molecule has 1 unspecified atom stereocenters. The minimum Gasteiger partial charge on any atom is -0.394 e. The summed E-state index contributed by atoms with van der Waals surface area (Å²) in [5.41, 5.74) is 4.97. The van der Waals surface area contributed by atoms with Crippen LogP contribution in [0.1, 0.15) is 26.3 Å². The van der Waals surface area contributed by atoms with Gasteiger partial charge < -0.3 is 10.8 Å². The van der Waals surface area contributed by atoms with E-state index in [1.54, 1.807) is 19.1 Å². The maximum Gasteiger partial charge on any atom is 0.128 e. The Morgan fingerprint density at radius 1 is 1.47 bits per heavy atom. The average molecular weight is 278 g/mol. The van der Waals surface area contributed by atoms with Gasteiger partial charge in [0.1, 0.15) is 5.82 Å². The maximum atomic E-state index is 13.2. The number of benzene rings is 1. The first kappa shape index (κ1) is 14.6. The predicted molar refractivity (Wildman–Crippen MR) is 64.1 cm³/mol. The molecule has 0 bridgehead atoms. The molecule has 86 valence electrons. The summed E-state index contributed by atoms with van der Waals surface area (Å²) in [4.78, 5) is 0. The quantitative estimate of drug-likeness (QED) is 0.873. The van der Waals surface area contributed by atoms with Crippen LogP contribution in [-0.2, 0) is 5.54 Å². The Labute approximate surface area is 98.4 Å². The lowest BCUT2D eigenvalue weighted by Gasteiger charge is -2.22. The molecule has 4 heteroatoms. The van der Waals surface area contributed by atoms with Crippen molar-refractivity contribution >= 4 is 15.9 Å². The molecule has 0 aliphatic rings. The highest BCUT2D eigenvalue weighted by molar-refractivity contribution is 9.10. The van der Waals surface area contributed by atoms with Gasteiger partial charge in [-0.05, 0) is 25.1 Å². The molecule has 0 radical (unpaired) electrons. The molecule has 0 saturated heterocycles. The van der Waals surface area contributed by atoms with E-state index < -0.39 is 11.4 Å². The maximum absolute atomic E-state index is 13.2. The molecule has 3 N–H and O–H groups in total. The Bertz CT molecular complexity index is 315. The first-order valence-electron chi connectivity index (χ1n) is 4.82. The first-order chi connectivity index (χ1) is 6.97. The van der Waals surface area contributed by atoms with Crippen molar-refractivity contribution in [2.45, 2.75) is 26.3 Å². The van der Waals surface area contributed by atoms with Crippen molar-refractivity contribution in [1.29, 1.82) is 0 Å². The molecule has 1 aromatic rings. The Morgan fingerprint density at radius 2 is 2.00 bits per heavy atom. The van der Waals surface area contributed by atoms with Gasteiger partial charge in [0.15, 0.2) is 0 Å². The third kappa shape index (κ3) is 3.89. The van der Waals surface area contributed by atoms with Gasteiger partial charge in [0.2, 0.25) is 0 Å². The van der Waals surface area contributed by atoms with Crippen molar-refractivity contribution in [3.63, 3.8) is 0 Å². The first-order valence-corrected chi connectivity index (χ1v) is 5.62. The van der Waals surface area contributed by atoms with Gasteiger partial charge in [0.05, 0.1) is 12.1 Å². The van der Waals surface area contributed by atoms with E-state index in [1.165, 1.54) is 6.07 Å². The van der Waals surface area contributed by atoms with E-state index in [0.717, 1.165) is 4.47 Å². The largest absolute Gasteiger partial charge is 0.394 e. The van der Waals surface area contributed by atoms with Crippen molar-refractivity contribution in [3.05, 3.63) is 34.1 Å². The summed E-state index contributed by atoms with van der Waals surface area (Å²) in [6.45, 7) is 5.29. The van der Waals surface area contributed by atoms with Crippen LogP contribution < -0.4 is 5.73 Å². The Balaban J connectivity index is 0.000000921. The lowest BCUT2D eigenvalue weighted by Crippen LogP contribution is -2.37. The van der Waals surface area contributed by atoms with Gasteiger partial charge in [-0.3, -0.25) is 0 Å². The molecule has 0 aliphatic heterocycles. The Morgan fingerprint density at radius 3 is 2.47 bits per heavy atom. The Hall–Kier alpha value is -0.450. The van der Waals surface area contributed by atoms with Gasteiger partial charge in [-0.15, -0.1) is 0 Å². The number of halogens is 2. The molecule has 1 rings (SSSR count). The molecular formula is C11H17BrFNO. The van der Waals surface area contributed by atoms with Crippen LogP contribution in [0.15, 0.2) is 22.7 Å². The van der Waals surface area contributed by atoms with Crippen molar-refractivity contribution in [1.82, 2.24) is 0 Å². The summed E-state index contributed by atoms with van der Waals surface area (Å²) in [6.07, 6.45) is 0. The van der Waals surface area contributed by atoms with Crippen LogP contribution in [0.4, 0.5) is 4.39 Å². The summed E-state index contributed by atoms with van der Waals surface area (Å²) < 4.78 is 14.0. The summed E-state index contributed by atoms with van der Waals surface area (Å²) >= 11 is 3.21. The van der Waals surface area contributed by atoms with Gasteiger partial charge in [-0.25, -0.2) is 4.39 Å². The Kier molecular flexibility index (Phi) is 6.02. The summed E-state index contributed by atoms with van der Waals surface area (Å²) in [5, 5.41) is 8.96. The molecule has 1 atom stereocenters. The zero-order valence-corrected chi connectivity index (χ0v) is 10.8. The zero-order valence-electron chi connectivity index (χ0n) is 9.22. The molecule has 0 saturated carbocycles. The highest BCUT2D eigenvalue weighted by Gasteiger charge is 2.23. The smallest absolute Gasteiger partial charge is 0.128 e. The molecule has 0 aliphatic carbocycles. The van der Waals surface area contributed by atoms with Crippen LogP contribution in [0.2, 0.25) is 0 Å². The minimum atomic E-state index is -1.03. The van der Waals surface area contributed by atoms with Crippen molar-refractivity contribution < 1.29 is 9.50 Å². The zero-order chi connectivity index (χ0) is 12.1. The van der Waals surface area contributed by atoms with Gasteiger partial charge in [0.25, 0.3) is 0 Å². The van der Waals surface area contributed by atoms with E-state index in [4.69, 9.17) is 10.8 Å². The third-order valence-electron chi connectivity index (χ3n) is 1.87. The van der Waals surface area contributed by atoms with Crippen LogP contribution in [0.3, 0.4) is 0 Å². The summed E-state index contributed by atoms with van der Waals surface area (Å²) in [6, 6.07) is 4.48. The highest BCUT2D eigenvalue weighted by Crippen LogP contribution is 2.24. The molecule has 0 aromatic heterocycles. The second kappa shape index (κ2) is 6.20. The number of aliphatic hydroxyl groups excluding tert-OH is 1. The average Bonchev–Trinajstić information content (AvgIpc) is 2.24. The minimum absolute atomic E-state index is 0.291. The predicted octanol–water partition coefficient (Wildman–Crippen LogP) is 2.78. The second-order valence-electron chi connectivity index (χ2n) is 3.20. The van der Waals surface area contributed by atoms with Crippen molar-refractivity contribution in [2.75, 3.05) is 6.61 Å². The lowest BCUT2D eigenvalue weighted by atomic mass is 9.94. The van der Waals surface area contributed by atoms with Crippen LogP contribution in [-0.4, -0.2) is 11.7 Å². The highest BCUT2D eigenvalue weighted by atomic mass is 79.9. The van der Waals surface area contributed by atoms with Crippen LogP contribution in [0, 0.1) is 5.82 Å². The molecule has 0 amide bonds. The molecular weight excluding hydrogens is 261 g/mol. The van der Waals surface area contributed by atoms with E-state index in [0.29, 0.717) is 5.56 Å². The van der Waals surface area contributed by atoms with Crippen LogP contribution >= 0.6 is 15.9 Å². The van der Waals surface area contributed by atoms with E-state index in [9.17, 15) is 4.39 Å². The molecule has 15 heavy (non-hydrogen) atoms. The van der Waals surface area contributed by atoms with E-state index in [2.05, 4.69) is 15.9 Å². The van der Waals surface area contributed by atoms with E-state index >= 15 is 0 Å². The molecule has 0 spiro atoms. The van der Waals surface area contributed by atoms with Crippen LogP contribution in [0.5, 0.6) is 0 Å². The lowest BCUT2D eigenvalue weighted by molar-refractivity contribution is 0.206. The van der Waals surface area contributed by atoms with Crippen molar-refractivity contribution in [2.24, 2.45) is 5.73 Å². The number of nitrogens with two attached hydrogens (primary N) is 1. The fourth-order valence-electron chi connectivity index (χ4n) is 1.02. The topological polar surface area (TPSA) is 46.2 Å². The van der Waals surface area contributed by atoms with Crippen LogP contribution in [0.25, 0.3) is 0 Å². The number of rotatable bonds is 2. The SMILES string of the molecule is CC.CC(N)(CO)c1cc(Br)ccc1F.